The number of halogens is 3. The van der Waals surface area contributed by atoms with Crippen molar-refractivity contribution in [2.75, 3.05) is 18.6 Å². The number of tetrazole rings is 2. The van der Waals surface area contributed by atoms with Gasteiger partial charge in [0, 0.05) is 101 Å². The zero-order chi connectivity index (χ0) is 54.5. The number of nitrogens with two attached hydrogens (primary N) is 3. The number of fused-ring (bicyclic) bond motifs is 2. The SMILES string of the molecule is C.Cc1cc(N)nc(C)c1CN.Cc1cc(N)nc(C)c1CNC(=O)c1ccnc(Cc2cc(-c3nn[nH]n3)c3ncc(Cl)cc3c2)c1.O=C(O)c1ccnc(Cc2cc(-c3nn[nH]n3)c3ncc(Cl)cc3c2)c1.[2H]CF. The summed E-state index contributed by atoms with van der Waals surface area (Å²) in [6.45, 7) is 8.63. The summed E-state index contributed by atoms with van der Waals surface area (Å²) in [7, 11) is -1.00. The zero-order valence-electron chi connectivity index (χ0n) is 41.8. The summed E-state index contributed by atoms with van der Waals surface area (Å²) in [5.74, 6) is 0.691. The number of hydrogen-bond donors (Lipinski definition) is 7. The number of rotatable bonds is 11. The Morgan fingerprint density at radius 2 is 1.14 bits per heavy atom. The smallest absolute Gasteiger partial charge is 0.335 e. The molecule has 10 rings (SSSR count). The second kappa shape index (κ2) is 25.8. The van der Waals surface area contributed by atoms with E-state index in [1.165, 1.54) is 12.3 Å². The lowest BCUT2D eigenvalue weighted by atomic mass is 10.0. The molecule has 0 aliphatic carbocycles. The molecule has 24 heteroatoms. The highest BCUT2D eigenvalue weighted by Gasteiger charge is 2.17. The summed E-state index contributed by atoms with van der Waals surface area (Å²) in [4.78, 5) is 50.0. The maximum Gasteiger partial charge on any atom is 0.335 e. The van der Waals surface area contributed by atoms with Crippen LogP contribution in [-0.4, -0.2) is 95.3 Å². The van der Waals surface area contributed by atoms with Crippen molar-refractivity contribution < 1.29 is 20.5 Å². The number of H-pyrrole nitrogens is 2. The lowest BCUT2D eigenvalue weighted by Gasteiger charge is -2.12. The van der Waals surface area contributed by atoms with E-state index in [9.17, 15) is 14.0 Å². The third-order valence-electron chi connectivity index (χ3n) is 11.5. The predicted molar refractivity (Wildman–Crippen MR) is 290 cm³/mol. The first-order chi connectivity index (χ1) is 36.5. The van der Waals surface area contributed by atoms with Crippen LogP contribution >= 0.6 is 23.2 Å². The van der Waals surface area contributed by atoms with E-state index >= 15 is 0 Å². The van der Waals surface area contributed by atoms with Crippen LogP contribution in [0, 0.1) is 27.7 Å². The highest BCUT2D eigenvalue weighted by atomic mass is 35.5. The normalized spacial score (nSPS) is 10.7. The van der Waals surface area contributed by atoms with Gasteiger partial charge in [-0.05, 0) is 144 Å². The van der Waals surface area contributed by atoms with Gasteiger partial charge in [0.25, 0.3) is 5.91 Å². The minimum atomic E-state index is -1.00. The Kier molecular flexibility index (Phi) is 18.6. The fourth-order valence-corrected chi connectivity index (χ4v) is 8.46. The fourth-order valence-electron chi connectivity index (χ4n) is 8.13. The van der Waals surface area contributed by atoms with Crippen molar-refractivity contribution in [1.29, 1.82) is 0 Å². The average Bonchev–Trinajstić information content (AvgIpc) is 4.13. The monoisotopic (exact) mass is 1070 g/mol. The Morgan fingerprint density at radius 3 is 1.58 bits per heavy atom. The number of benzene rings is 2. The van der Waals surface area contributed by atoms with Gasteiger partial charge in [-0.25, -0.2) is 14.8 Å². The molecule has 0 aliphatic heterocycles. The van der Waals surface area contributed by atoms with Gasteiger partial charge >= 0.3 is 5.97 Å². The summed E-state index contributed by atoms with van der Waals surface area (Å²) in [5, 5.41) is 43.3. The molecule has 0 fully saturated rings. The molecule has 10 N–H and O–H groups in total. The number of nitrogens with one attached hydrogen (secondary N) is 3. The van der Waals surface area contributed by atoms with Crippen molar-refractivity contribution in [3.63, 3.8) is 0 Å². The summed E-state index contributed by atoms with van der Waals surface area (Å²) < 4.78 is 15.5. The molecule has 21 nitrogen and oxygen atoms in total. The lowest BCUT2D eigenvalue weighted by molar-refractivity contribution is 0.0696. The number of carbonyl (C=O) groups is 2. The molecule has 390 valence electrons. The van der Waals surface area contributed by atoms with Crippen molar-refractivity contribution in [3.05, 3.63) is 175 Å². The van der Waals surface area contributed by atoms with Crippen molar-refractivity contribution in [2.45, 2.75) is 61.1 Å². The van der Waals surface area contributed by atoms with E-state index in [-0.39, 0.29) is 18.9 Å². The molecule has 0 atom stereocenters. The van der Waals surface area contributed by atoms with Crippen LogP contribution in [0.4, 0.5) is 16.0 Å². The van der Waals surface area contributed by atoms with Gasteiger partial charge in [-0.2, -0.15) is 10.4 Å². The van der Waals surface area contributed by atoms with Gasteiger partial charge in [0.15, 0.2) is 0 Å². The Morgan fingerprint density at radius 1 is 0.684 bits per heavy atom. The second-order valence-corrected chi connectivity index (χ2v) is 17.6. The molecular weight excluding hydrogens is 1010 g/mol. The van der Waals surface area contributed by atoms with E-state index in [2.05, 4.69) is 76.5 Å². The first kappa shape index (κ1) is 54.8. The zero-order valence-corrected chi connectivity index (χ0v) is 42.3. The number of aromatic carboxylic acids is 1. The number of carboxylic acids is 1. The van der Waals surface area contributed by atoms with Crippen LogP contribution in [0.25, 0.3) is 44.6 Å². The molecule has 0 radical (unpaired) electrons. The van der Waals surface area contributed by atoms with Crippen molar-refractivity contribution in [1.82, 2.24) is 76.5 Å². The van der Waals surface area contributed by atoms with Gasteiger partial charge in [0.05, 0.1) is 35.2 Å². The van der Waals surface area contributed by atoms with Crippen LogP contribution in [-0.2, 0) is 25.9 Å². The summed E-state index contributed by atoms with van der Waals surface area (Å²) >= 11 is 12.3. The van der Waals surface area contributed by atoms with E-state index in [1.54, 1.807) is 48.9 Å². The predicted octanol–water partition coefficient (Wildman–Crippen LogP) is 8.29. The van der Waals surface area contributed by atoms with E-state index < -0.39 is 13.1 Å². The molecule has 8 heterocycles. The fraction of sp³-hybridized carbons (Fsp3) is 0.192. The third-order valence-corrected chi connectivity index (χ3v) is 11.9. The number of carboxylic acid groups (broad SMARTS) is 1. The van der Waals surface area contributed by atoms with Gasteiger partial charge in [-0.3, -0.25) is 29.1 Å². The van der Waals surface area contributed by atoms with E-state index in [4.69, 9.17) is 46.9 Å². The molecule has 10 aromatic rings. The average molecular weight is 1070 g/mol. The minimum Gasteiger partial charge on any atom is -0.478 e. The Hall–Kier alpha value is -8.99. The summed E-state index contributed by atoms with van der Waals surface area (Å²) in [5.41, 5.74) is 29.5. The molecule has 2 aromatic carbocycles. The number of pyridine rings is 6. The van der Waals surface area contributed by atoms with Gasteiger partial charge < -0.3 is 27.6 Å². The molecule has 0 bridgehead atoms. The van der Waals surface area contributed by atoms with Crippen LogP contribution in [0.1, 0.15) is 85.7 Å². The number of carbonyl (C=O) groups excluding carboxylic acids is 1. The lowest BCUT2D eigenvalue weighted by Crippen LogP contribution is -2.24. The standard InChI is InChI=1S/C25H22ClN9O.C17H11ClN6O2.C8H13N3.CH3F.CH4/c1-13-5-22(27)31-14(2)21(13)12-30-25(36)16-3-4-28-19(10-16)7-15-6-17-9-18(26)11-29-23(17)20(8-15)24-32-34-35-33-24;18-12-6-11-3-9(4-13-7-10(17(25)26)1-2-19-13)5-14(15(11)20-8-12)16-21-23-24-22-16;1-5-3-8(10)11-6(2)7(5)4-9;1-2;/h3-6,8-11H,7,12H2,1-2H3,(H2,27,31)(H,30,36)(H,32,33,34,35);1-3,5-8H,4H2,(H,25,26)(H,21,22,23,24);3H,4,9H2,1-2H3,(H2,10,11);1H3;1H4/i;;;1D;. The largest absolute Gasteiger partial charge is 0.478 e. The summed E-state index contributed by atoms with van der Waals surface area (Å²) in [6.07, 6.45) is 7.18. The molecular formula is C52H53Cl2FN18O3. The Balaban J connectivity index is 0.000000204. The maximum atomic E-state index is 12.9. The van der Waals surface area contributed by atoms with Gasteiger partial charge in [-0.15, -0.1) is 20.4 Å². The number of nitrogen functional groups attached to an aromatic ring is 2. The van der Waals surface area contributed by atoms with Crippen LogP contribution in [0.15, 0.2) is 97.6 Å². The topological polar surface area (TPSA) is 331 Å². The number of alkyl halides is 1. The highest BCUT2D eigenvalue weighted by molar-refractivity contribution is 6.31. The molecule has 0 saturated carbocycles. The van der Waals surface area contributed by atoms with Crippen LogP contribution < -0.4 is 22.5 Å². The van der Waals surface area contributed by atoms with Crippen LogP contribution in [0.3, 0.4) is 0 Å². The van der Waals surface area contributed by atoms with Gasteiger partial charge in [0.2, 0.25) is 11.6 Å². The first-order valence-electron chi connectivity index (χ1n) is 23.3. The van der Waals surface area contributed by atoms with Gasteiger partial charge in [-0.1, -0.05) is 30.6 Å². The van der Waals surface area contributed by atoms with E-state index in [0.29, 0.717) is 87.1 Å². The van der Waals surface area contributed by atoms with E-state index in [1.807, 2.05) is 64.1 Å². The van der Waals surface area contributed by atoms with E-state index in [0.717, 1.165) is 66.8 Å². The first-order valence-corrected chi connectivity index (χ1v) is 23.3. The Bertz CT molecular complexity index is 3620. The van der Waals surface area contributed by atoms with Crippen molar-refractivity contribution in [3.8, 4) is 22.8 Å². The molecule has 76 heavy (non-hydrogen) atoms. The summed E-state index contributed by atoms with van der Waals surface area (Å²) in [6, 6.07) is 21.5. The van der Waals surface area contributed by atoms with Crippen molar-refractivity contribution >= 4 is 68.5 Å². The van der Waals surface area contributed by atoms with Crippen LogP contribution in [0.5, 0.6) is 0 Å². The molecule has 0 unspecified atom stereocenters. The highest BCUT2D eigenvalue weighted by Crippen LogP contribution is 2.31. The third kappa shape index (κ3) is 14.0. The maximum absolute atomic E-state index is 12.9. The number of anilines is 2. The minimum absolute atomic E-state index is 0. The molecule has 1 amide bonds. The van der Waals surface area contributed by atoms with Gasteiger partial charge in [0.1, 0.15) is 11.6 Å². The molecule has 8 aromatic heterocycles. The van der Waals surface area contributed by atoms with Crippen molar-refractivity contribution in [2.24, 2.45) is 5.73 Å². The molecule has 0 aliphatic rings. The Labute approximate surface area is 446 Å². The number of aryl methyl sites for hydroxylation is 4. The quantitative estimate of drug-likeness (QED) is 0.0640. The molecule has 0 spiro atoms. The van der Waals surface area contributed by atoms with Crippen LogP contribution in [0.2, 0.25) is 10.0 Å². The number of hydrogen-bond acceptors (Lipinski definition) is 17. The number of aromatic nitrogens is 14. The molecule has 0 saturated heterocycles. The number of aromatic amines is 2. The second-order valence-electron chi connectivity index (χ2n) is 16.7. The number of nitrogens with zero attached hydrogens (tertiary/aromatic N) is 12. The number of amides is 1.